The zero-order chi connectivity index (χ0) is 10.0. The van der Waals surface area contributed by atoms with Gasteiger partial charge in [-0.15, -0.1) is 12.4 Å². The zero-order valence-corrected chi connectivity index (χ0v) is 10.3. The molecule has 0 aromatic carbocycles. The summed E-state index contributed by atoms with van der Waals surface area (Å²) >= 11 is 0. The predicted octanol–water partition coefficient (Wildman–Crippen LogP) is 0.569. The molecule has 0 aromatic heterocycles. The summed E-state index contributed by atoms with van der Waals surface area (Å²) in [7, 11) is -2.73. The third-order valence-corrected chi connectivity index (χ3v) is 4.72. The first-order valence-corrected chi connectivity index (χ1v) is 7.03. The summed E-state index contributed by atoms with van der Waals surface area (Å²) in [6.45, 7) is 1.79. The van der Waals surface area contributed by atoms with Crippen LogP contribution in [-0.4, -0.2) is 39.3 Å². The molecule has 2 unspecified atom stereocenters. The van der Waals surface area contributed by atoms with Crippen molar-refractivity contribution in [2.45, 2.75) is 25.5 Å². The van der Waals surface area contributed by atoms with E-state index in [-0.39, 0.29) is 18.6 Å². The second-order valence-corrected chi connectivity index (χ2v) is 6.40. The molecule has 0 amide bonds. The molecule has 0 aliphatic carbocycles. The van der Waals surface area contributed by atoms with Crippen molar-refractivity contribution in [1.82, 2.24) is 5.32 Å². The van der Waals surface area contributed by atoms with Crippen LogP contribution in [0.5, 0.6) is 0 Å². The Morgan fingerprint density at radius 2 is 2.20 bits per heavy atom. The fraction of sp³-hybridized carbons (Fsp3) is 1.00. The van der Waals surface area contributed by atoms with Crippen molar-refractivity contribution in [3.63, 3.8) is 0 Å². The van der Waals surface area contributed by atoms with Gasteiger partial charge >= 0.3 is 0 Å². The maximum Gasteiger partial charge on any atom is 0.150 e. The summed E-state index contributed by atoms with van der Waals surface area (Å²) in [6.07, 6.45) is 2.80. The van der Waals surface area contributed by atoms with Gasteiger partial charge in [0.25, 0.3) is 0 Å². The summed E-state index contributed by atoms with van der Waals surface area (Å²) < 4.78 is 27.9. The summed E-state index contributed by atoms with van der Waals surface area (Å²) in [5.74, 6) is 1.02. The topological polar surface area (TPSA) is 55.4 Å². The second kappa shape index (κ2) is 5.48. The van der Waals surface area contributed by atoms with Crippen LogP contribution < -0.4 is 5.32 Å². The van der Waals surface area contributed by atoms with Crippen molar-refractivity contribution in [1.29, 1.82) is 0 Å². The highest BCUT2D eigenvalue weighted by molar-refractivity contribution is 7.91. The summed E-state index contributed by atoms with van der Waals surface area (Å²) in [5.41, 5.74) is 0. The van der Waals surface area contributed by atoms with Crippen LogP contribution in [-0.2, 0) is 14.6 Å². The number of sulfone groups is 1. The molecule has 90 valence electrons. The van der Waals surface area contributed by atoms with Gasteiger partial charge < -0.3 is 4.74 Å². The van der Waals surface area contributed by atoms with E-state index in [2.05, 4.69) is 5.32 Å². The molecular weight excluding hydrogens is 238 g/mol. The monoisotopic (exact) mass is 255 g/mol. The minimum absolute atomic E-state index is 0. The maximum atomic E-state index is 11.2. The first kappa shape index (κ1) is 13.2. The van der Waals surface area contributed by atoms with Gasteiger partial charge in [0, 0.05) is 6.61 Å². The quantitative estimate of drug-likeness (QED) is 0.784. The highest BCUT2D eigenvalue weighted by Gasteiger charge is 2.30. The summed E-state index contributed by atoms with van der Waals surface area (Å²) in [6, 6.07) is 0. The smallest absolute Gasteiger partial charge is 0.150 e. The molecular formula is C9H18ClNO3S. The van der Waals surface area contributed by atoms with Gasteiger partial charge in [0.1, 0.15) is 6.23 Å². The Labute approximate surface area is 97.1 Å². The zero-order valence-electron chi connectivity index (χ0n) is 8.65. The van der Waals surface area contributed by atoms with Crippen LogP contribution in [0.1, 0.15) is 19.3 Å². The van der Waals surface area contributed by atoms with E-state index in [1.54, 1.807) is 0 Å². The first-order valence-electron chi connectivity index (χ1n) is 5.21. The van der Waals surface area contributed by atoms with E-state index in [9.17, 15) is 8.42 Å². The average molecular weight is 256 g/mol. The molecule has 4 nitrogen and oxygen atoms in total. The van der Waals surface area contributed by atoms with Crippen LogP contribution in [0.4, 0.5) is 0 Å². The summed E-state index contributed by atoms with van der Waals surface area (Å²) in [4.78, 5) is 0. The number of hydrogen-bond acceptors (Lipinski definition) is 4. The lowest BCUT2D eigenvalue weighted by Gasteiger charge is -2.25. The normalized spacial score (nSPS) is 34.7. The third-order valence-electron chi connectivity index (χ3n) is 2.89. The Bertz CT molecular complexity index is 288. The molecule has 0 aromatic rings. The van der Waals surface area contributed by atoms with Gasteiger partial charge in [-0.1, -0.05) is 0 Å². The predicted molar refractivity (Wildman–Crippen MR) is 61.0 cm³/mol. The van der Waals surface area contributed by atoms with Crippen LogP contribution in [0, 0.1) is 5.92 Å². The first-order chi connectivity index (χ1) is 6.66. The maximum absolute atomic E-state index is 11.2. The van der Waals surface area contributed by atoms with E-state index in [1.807, 2.05) is 0 Å². The van der Waals surface area contributed by atoms with Gasteiger partial charge in [0.05, 0.1) is 11.5 Å². The molecule has 1 N–H and O–H groups in total. The van der Waals surface area contributed by atoms with Crippen LogP contribution in [0.3, 0.4) is 0 Å². The standard InChI is InChI=1S/C9H17NO3S.ClH/c11-14(12)5-2-8(7-14)6-9-10-3-1-4-13-9;/h8-10H,1-7H2;1H. The van der Waals surface area contributed by atoms with Crippen molar-refractivity contribution < 1.29 is 13.2 Å². The highest BCUT2D eigenvalue weighted by Crippen LogP contribution is 2.23. The Balaban J connectivity index is 0.00000112. The van der Waals surface area contributed by atoms with E-state index < -0.39 is 9.84 Å². The van der Waals surface area contributed by atoms with Gasteiger partial charge in [0.2, 0.25) is 0 Å². The van der Waals surface area contributed by atoms with Gasteiger partial charge in [-0.05, 0) is 31.7 Å². The molecule has 6 heteroatoms. The highest BCUT2D eigenvalue weighted by atomic mass is 35.5. The average Bonchev–Trinajstić information content (AvgIpc) is 2.47. The molecule has 2 aliphatic rings. The molecule has 2 rings (SSSR count). The van der Waals surface area contributed by atoms with Crippen molar-refractivity contribution in [3.8, 4) is 0 Å². The molecule has 0 saturated carbocycles. The molecule has 2 atom stereocenters. The molecule has 2 saturated heterocycles. The molecule has 0 bridgehead atoms. The van der Waals surface area contributed by atoms with Crippen molar-refractivity contribution in [3.05, 3.63) is 0 Å². The SMILES string of the molecule is Cl.O=S1(=O)CCC(CC2NCCCO2)C1. The molecule has 2 heterocycles. The fourth-order valence-electron chi connectivity index (χ4n) is 2.13. The van der Waals surface area contributed by atoms with Crippen molar-refractivity contribution >= 4 is 22.2 Å². The van der Waals surface area contributed by atoms with Gasteiger partial charge in [-0.2, -0.15) is 0 Å². The van der Waals surface area contributed by atoms with Gasteiger partial charge in [-0.25, -0.2) is 8.42 Å². The van der Waals surface area contributed by atoms with Crippen LogP contribution in [0.25, 0.3) is 0 Å². The number of rotatable bonds is 2. The van der Waals surface area contributed by atoms with E-state index in [0.717, 1.165) is 32.4 Å². The van der Waals surface area contributed by atoms with Crippen LogP contribution >= 0.6 is 12.4 Å². The Morgan fingerprint density at radius 1 is 1.40 bits per heavy atom. The Hall–Kier alpha value is 0.160. The second-order valence-electron chi connectivity index (χ2n) is 4.17. The lowest BCUT2D eigenvalue weighted by atomic mass is 10.0. The lowest BCUT2D eigenvalue weighted by Crippen LogP contribution is -2.39. The molecule has 0 radical (unpaired) electrons. The van der Waals surface area contributed by atoms with E-state index in [1.165, 1.54) is 0 Å². The van der Waals surface area contributed by atoms with Crippen LogP contribution in [0.2, 0.25) is 0 Å². The Morgan fingerprint density at radius 3 is 2.73 bits per heavy atom. The number of nitrogens with one attached hydrogen (secondary N) is 1. The van der Waals surface area contributed by atoms with E-state index in [4.69, 9.17) is 4.74 Å². The lowest BCUT2D eigenvalue weighted by molar-refractivity contribution is -0.0113. The number of halogens is 1. The van der Waals surface area contributed by atoms with Gasteiger partial charge in [0.15, 0.2) is 9.84 Å². The molecule has 2 aliphatic heterocycles. The molecule has 15 heavy (non-hydrogen) atoms. The fourth-order valence-corrected chi connectivity index (χ4v) is 4.01. The Kier molecular flexibility index (Phi) is 4.83. The van der Waals surface area contributed by atoms with Gasteiger partial charge in [-0.3, -0.25) is 5.32 Å². The molecule has 0 spiro atoms. The van der Waals surface area contributed by atoms with Crippen molar-refractivity contribution in [2.75, 3.05) is 24.7 Å². The third kappa shape index (κ3) is 3.90. The molecule has 2 fully saturated rings. The van der Waals surface area contributed by atoms with E-state index in [0.29, 0.717) is 17.4 Å². The minimum atomic E-state index is -2.73. The minimum Gasteiger partial charge on any atom is -0.363 e. The van der Waals surface area contributed by atoms with Crippen LogP contribution in [0.15, 0.2) is 0 Å². The number of ether oxygens (including phenoxy) is 1. The largest absolute Gasteiger partial charge is 0.363 e. The van der Waals surface area contributed by atoms with Crippen molar-refractivity contribution in [2.24, 2.45) is 5.92 Å². The van der Waals surface area contributed by atoms with E-state index >= 15 is 0 Å². The summed E-state index contributed by atoms with van der Waals surface area (Å²) in [5, 5.41) is 3.26. The number of hydrogen-bond donors (Lipinski definition) is 1.